The number of carbonyl (C=O) groups excluding carboxylic acids is 1. The molecule has 2 aliphatic rings. The zero-order valence-corrected chi connectivity index (χ0v) is 22.1. The number of ether oxygens (including phenoxy) is 1. The zero-order chi connectivity index (χ0) is 26.8. The van der Waals surface area contributed by atoms with Crippen LogP contribution in [-0.4, -0.2) is 74.2 Å². The smallest absolute Gasteiger partial charge is 0.404 e. The van der Waals surface area contributed by atoms with E-state index < -0.39 is 24.2 Å². The predicted octanol–water partition coefficient (Wildman–Crippen LogP) is 4.73. The summed E-state index contributed by atoms with van der Waals surface area (Å²) in [6.07, 6.45) is 2.53. The van der Waals surface area contributed by atoms with Crippen LogP contribution in [-0.2, 0) is 4.74 Å². The Hall–Kier alpha value is -2.17. The van der Waals surface area contributed by atoms with E-state index in [1.54, 1.807) is 17.0 Å². The average molecular weight is 545 g/mol. The van der Waals surface area contributed by atoms with Crippen molar-refractivity contribution in [2.24, 2.45) is 11.8 Å². The number of carboxylic acid groups (broad SMARTS) is 1. The van der Waals surface area contributed by atoms with Gasteiger partial charge in [-0.3, -0.25) is 0 Å². The van der Waals surface area contributed by atoms with Crippen molar-refractivity contribution in [2.45, 2.75) is 63.3 Å². The quantitative estimate of drug-likeness (QED) is 0.302. The second-order valence-corrected chi connectivity index (χ2v) is 10.5. The molecule has 1 aliphatic carbocycles. The van der Waals surface area contributed by atoms with Gasteiger partial charge in [-0.05, 0) is 64.0 Å². The molecule has 3 amide bonds. The van der Waals surface area contributed by atoms with Gasteiger partial charge in [0, 0.05) is 43.7 Å². The van der Waals surface area contributed by atoms with Gasteiger partial charge in [0.25, 0.3) is 0 Å². The molecule has 2 fully saturated rings. The van der Waals surface area contributed by atoms with Crippen LogP contribution in [0.3, 0.4) is 0 Å². The third-order valence-electron chi connectivity index (χ3n) is 7.31. The third kappa shape index (κ3) is 8.97. The standard InChI is InChI=1S/C26H39ClF2N4O4/c1-30-15-20(14-17-7-9-19(28)10-8-17)32-25(34)33-12-3-4-18(16-33)24(37-13-11-31-26(35)36)21-5-2-6-22(27)23(21)29/h2,5-6,17-20,24,30-31H,3-4,7-16H2,1H3,(H,32,34)(H,35,36). The first-order chi connectivity index (χ1) is 17.8. The Morgan fingerprint density at radius 1 is 1.24 bits per heavy atom. The molecular weight excluding hydrogens is 506 g/mol. The number of likely N-dealkylation sites (tertiary alicyclic amines) is 1. The maximum atomic E-state index is 15.0. The Morgan fingerprint density at radius 2 is 2.00 bits per heavy atom. The molecule has 4 N–H and O–H groups in total. The number of hydrogen-bond acceptors (Lipinski definition) is 4. The second kappa shape index (κ2) is 14.7. The van der Waals surface area contributed by atoms with Crippen molar-refractivity contribution in [1.82, 2.24) is 20.9 Å². The minimum atomic E-state index is -1.16. The summed E-state index contributed by atoms with van der Waals surface area (Å²) in [4.78, 5) is 25.8. The lowest BCUT2D eigenvalue weighted by Gasteiger charge is -2.38. The fourth-order valence-corrected chi connectivity index (χ4v) is 5.65. The van der Waals surface area contributed by atoms with E-state index >= 15 is 0 Å². The van der Waals surface area contributed by atoms with Gasteiger partial charge in [-0.25, -0.2) is 18.4 Å². The van der Waals surface area contributed by atoms with Crippen LogP contribution < -0.4 is 16.0 Å². The number of urea groups is 1. The molecule has 0 spiro atoms. The summed E-state index contributed by atoms with van der Waals surface area (Å²) in [5, 5.41) is 17.4. The Kier molecular flexibility index (Phi) is 11.7. The van der Waals surface area contributed by atoms with Gasteiger partial charge in [0.1, 0.15) is 12.0 Å². The van der Waals surface area contributed by atoms with Crippen molar-refractivity contribution < 1.29 is 28.2 Å². The lowest BCUT2D eigenvalue weighted by molar-refractivity contribution is -0.0104. The number of alkyl halides is 1. The number of nitrogens with zero attached hydrogens (tertiary/aromatic N) is 1. The van der Waals surface area contributed by atoms with Crippen molar-refractivity contribution in [3.63, 3.8) is 0 Å². The van der Waals surface area contributed by atoms with Gasteiger partial charge in [-0.1, -0.05) is 23.7 Å². The normalized spacial score (nSPS) is 23.8. The maximum Gasteiger partial charge on any atom is 0.404 e. The highest BCUT2D eigenvalue weighted by atomic mass is 35.5. The van der Waals surface area contributed by atoms with Crippen LogP contribution in [0.5, 0.6) is 0 Å². The van der Waals surface area contributed by atoms with Crippen LogP contribution in [0.2, 0.25) is 5.02 Å². The topological polar surface area (TPSA) is 103 Å². The Morgan fingerprint density at radius 3 is 2.70 bits per heavy atom. The van der Waals surface area contributed by atoms with Crippen molar-refractivity contribution in [2.75, 3.05) is 39.8 Å². The number of rotatable bonds is 11. The van der Waals surface area contributed by atoms with Crippen molar-refractivity contribution >= 4 is 23.7 Å². The van der Waals surface area contributed by atoms with Crippen LogP contribution in [0, 0.1) is 17.7 Å². The van der Waals surface area contributed by atoms with Crippen molar-refractivity contribution in [3.05, 3.63) is 34.6 Å². The number of nitrogens with one attached hydrogen (secondary N) is 3. The minimum Gasteiger partial charge on any atom is -0.465 e. The average Bonchev–Trinajstić information content (AvgIpc) is 2.87. The lowest BCUT2D eigenvalue weighted by Crippen LogP contribution is -2.52. The lowest BCUT2D eigenvalue weighted by atomic mass is 9.84. The number of piperidine rings is 1. The fourth-order valence-electron chi connectivity index (χ4n) is 5.47. The Labute approximate surface area is 222 Å². The van der Waals surface area contributed by atoms with E-state index in [0.29, 0.717) is 44.0 Å². The molecule has 1 heterocycles. The van der Waals surface area contributed by atoms with Crippen molar-refractivity contribution in [1.29, 1.82) is 0 Å². The molecule has 1 saturated heterocycles. The van der Waals surface area contributed by atoms with Gasteiger partial charge < -0.3 is 30.7 Å². The van der Waals surface area contributed by atoms with Gasteiger partial charge in [0.15, 0.2) is 0 Å². The van der Waals surface area contributed by atoms with Crippen LogP contribution in [0.4, 0.5) is 18.4 Å². The highest BCUT2D eigenvalue weighted by Crippen LogP contribution is 2.36. The van der Waals surface area contributed by atoms with Crippen LogP contribution in [0.15, 0.2) is 18.2 Å². The summed E-state index contributed by atoms with van der Waals surface area (Å²) in [5.74, 6) is -0.373. The minimum absolute atomic E-state index is 0.0168. The molecule has 1 aromatic carbocycles. The molecule has 3 atom stereocenters. The molecule has 8 nitrogen and oxygen atoms in total. The first kappa shape index (κ1) is 29.4. The fraction of sp³-hybridized carbons (Fsp3) is 0.692. The molecule has 11 heteroatoms. The van der Waals surface area contributed by atoms with Crippen LogP contribution in [0.1, 0.15) is 56.6 Å². The molecule has 0 bridgehead atoms. The van der Waals surface area contributed by atoms with E-state index in [4.69, 9.17) is 21.4 Å². The number of carbonyl (C=O) groups is 2. The monoisotopic (exact) mass is 544 g/mol. The van der Waals surface area contributed by atoms with Crippen molar-refractivity contribution in [3.8, 4) is 0 Å². The van der Waals surface area contributed by atoms with Crippen LogP contribution in [0.25, 0.3) is 0 Å². The van der Waals surface area contributed by atoms with E-state index in [-0.39, 0.29) is 36.2 Å². The number of amides is 3. The summed E-state index contributed by atoms with van der Waals surface area (Å²) < 4.78 is 34.5. The highest BCUT2D eigenvalue weighted by Gasteiger charge is 2.34. The molecule has 1 saturated carbocycles. The SMILES string of the molecule is CNCC(CC1CCC(F)CC1)NC(=O)N1CCCC(C(OCCNC(=O)O)c2cccc(Cl)c2F)C1. The molecule has 3 unspecified atom stereocenters. The number of likely N-dealkylation sites (N-methyl/N-ethyl adjacent to an activating group) is 1. The molecular formula is C26H39ClF2N4O4. The Balaban J connectivity index is 1.65. The van der Waals surface area contributed by atoms with E-state index in [2.05, 4.69) is 16.0 Å². The number of hydrogen-bond donors (Lipinski definition) is 4. The summed E-state index contributed by atoms with van der Waals surface area (Å²) >= 11 is 6.03. The third-order valence-corrected chi connectivity index (χ3v) is 7.60. The van der Waals surface area contributed by atoms with Gasteiger partial charge in [-0.2, -0.15) is 0 Å². The summed E-state index contributed by atoms with van der Waals surface area (Å²) in [6, 6.07) is 4.48. The van der Waals surface area contributed by atoms with Crippen LogP contribution >= 0.6 is 11.6 Å². The van der Waals surface area contributed by atoms with E-state index in [0.717, 1.165) is 32.1 Å². The van der Waals surface area contributed by atoms with Gasteiger partial charge in [0.2, 0.25) is 0 Å². The van der Waals surface area contributed by atoms with Gasteiger partial charge >= 0.3 is 12.1 Å². The zero-order valence-electron chi connectivity index (χ0n) is 21.4. The van der Waals surface area contributed by atoms with Gasteiger partial charge in [0.05, 0.1) is 17.7 Å². The van der Waals surface area contributed by atoms with E-state index in [1.165, 1.54) is 6.07 Å². The maximum absolute atomic E-state index is 15.0. The largest absolute Gasteiger partial charge is 0.465 e. The summed E-state index contributed by atoms with van der Waals surface area (Å²) in [7, 11) is 1.84. The molecule has 0 aromatic heterocycles. The first-order valence-corrected chi connectivity index (χ1v) is 13.5. The summed E-state index contributed by atoms with van der Waals surface area (Å²) in [5.41, 5.74) is 0.298. The van der Waals surface area contributed by atoms with Gasteiger partial charge in [-0.15, -0.1) is 0 Å². The molecule has 37 heavy (non-hydrogen) atoms. The highest BCUT2D eigenvalue weighted by molar-refractivity contribution is 6.30. The molecule has 3 rings (SSSR count). The van der Waals surface area contributed by atoms with E-state index in [9.17, 15) is 18.4 Å². The number of halogens is 3. The second-order valence-electron chi connectivity index (χ2n) is 10.1. The summed E-state index contributed by atoms with van der Waals surface area (Å²) in [6.45, 7) is 1.67. The first-order valence-electron chi connectivity index (χ1n) is 13.1. The molecule has 208 valence electrons. The predicted molar refractivity (Wildman–Crippen MR) is 138 cm³/mol. The molecule has 0 radical (unpaired) electrons. The number of benzene rings is 1. The Bertz CT molecular complexity index is 888. The molecule has 1 aliphatic heterocycles. The van der Waals surface area contributed by atoms with E-state index in [1.807, 2.05) is 7.05 Å². The molecule has 1 aromatic rings.